The van der Waals surface area contributed by atoms with Crippen molar-refractivity contribution in [3.63, 3.8) is 0 Å². The van der Waals surface area contributed by atoms with E-state index in [1.807, 2.05) is 73.7 Å². The quantitative estimate of drug-likeness (QED) is 0.131. The summed E-state index contributed by atoms with van der Waals surface area (Å²) in [5.41, 5.74) is 5.23. The predicted molar refractivity (Wildman–Crippen MR) is 194 cm³/mol. The highest BCUT2D eigenvalue weighted by molar-refractivity contribution is 7.14. The molecular formula is C38H39ClN4O4S. The Balaban J connectivity index is 1.48. The van der Waals surface area contributed by atoms with Gasteiger partial charge < -0.3 is 15.7 Å². The number of carbonyl (C=O) groups is 3. The molecule has 0 aliphatic rings. The lowest BCUT2D eigenvalue weighted by molar-refractivity contribution is -0.141. The van der Waals surface area contributed by atoms with Gasteiger partial charge in [0.15, 0.2) is 5.82 Å². The molecule has 2 amide bonds. The second kappa shape index (κ2) is 15.8. The van der Waals surface area contributed by atoms with E-state index >= 15 is 0 Å². The molecule has 48 heavy (non-hydrogen) atoms. The number of carbonyl (C=O) groups excluding carboxylic acids is 2. The molecule has 0 saturated carbocycles. The highest BCUT2D eigenvalue weighted by atomic mass is 35.5. The van der Waals surface area contributed by atoms with Crippen LogP contribution in [0.2, 0.25) is 0 Å². The maximum Gasteiger partial charge on any atom is 0.325 e. The molecule has 0 bridgehead atoms. The van der Waals surface area contributed by atoms with Crippen LogP contribution >= 0.6 is 22.9 Å². The summed E-state index contributed by atoms with van der Waals surface area (Å²) in [6, 6.07) is 16.9. The maximum atomic E-state index is 13.2. The number of amides is 2. The summed E-state index contributed by atoms with van der Waals surface area (Å²) in [5, 5.41) is 15.3. The number of carboxylic acids is 1. The van der Waals surface area contributed by atoms with E-state index in [2.05, 4.69) is 48.0 Å². The first-order chi connectivity index (χ1) is 22.7. The van der Waals surface area contributed by atoms with Crippen LogP contribution in [0.25, 0.3) is 28.1 Å². The van der Waals surface area contributed by atoms with Crippen molar-refractivity contribution in [2.24, 2.45) is 0 Å². The molecule has 2 atom stereocenters. The molecule has 0 fully saturated rings. The van der Waals surface area contributed by atoms with Crippen molar-refractivity contribution >= 4 is 46.3 Å². The van der Waals surface area contributed by atoms with Crippen molar-refractivity contribution in [1.29, 1.82) is 0 Å². The molecule has 248 valence electrons. The summed E-state index contributed by atoms with van der Waals surface area (Å²) in [4.78, 5) is 48.3. The van der Waals surface area contributed by atoms with Crippen molar-refractivity contribution in [2.75, 3.05) is 0 Å². The molecule has 2 aromatic carbocycles. The van der Waals surface area contributed by atoms with Gasteiger partial charge in [-0.25, -0.2) is 9.97 Å². The van der Waals surface area contributed by atoms with Crippen molar-refractivity contribution in [3.05, 3.63) is 124 Å². The van der Waals surface area contributed by atoms with E-state index in [0.717, 1.165) is 38.3 Å². The van der Waals surface area contributed by atoms with Crippen LogP contribution in [0.1, 0.15) is 60.3 Å². The maximum absolute atomic E-state index is 13.2. The SMILES string of the molecule is C=C/C(=C\C=C(/C)Cl)c1ccc(-c2cnc(-c3ccc(C[C@H](NC(=O)c4ccc(C(C)(C)C)s4)C(=O)N[C@H](C)C(=O)O)cc3)nc2)cc1. The van der Waals surface area contributed by atoms with Crippen molar-refractivity contribution in [3.8, 4) is 22.5 Å². The fourth-order valence-corrected chi connectivity index (χ4v) is 5.70. The Hall–Kier alpha value is -4.86. The second-order valence-corrected chi connectivity index (χ2v) is 14.0. The summed E-state index contributed by atoms with van der Waals surface area (Å²) in [5.74, 6) is -1.61. The number of hydrogen-bond donors (Lipinski definition) is 3. The van der Waals surface area contributed by atoms with E-state index in [4.69, 9.17) is 11.6 Å². The molecule has 2 aromatic heterocycles. The largest absolute Gasteiger partial charge is 0.480 e. The Kier molecular flexibility index (Phi) is 11.9. The molecule has 4 aromatic rings. The first-order valence-electron chi connectivity index (χ1n) is 15.4. The van der Waals surface area contributed by atoms with Gasteiger partial charge in [0.05, 0.1) is 4.88 Å². The molecule has 0 saturated heterocycles. The average molecular weight is 683 g/mol. The number of aliphatic carboxylic acids is 1. The Bertz CT molecular complexity index is 1830. The van der Waals surface area contributed by atoms with Gasteiger partial charge in [0, 0.05) is 39.9 Å². The van der Waals surface area contributed by atoms with E-state index < -0.39 is 29.9 Å². The Morgan fingerprint density at radius 1 is 0.917 bits per heavy atom. The molecule has 10 heteroatoms. The van der Waals surface area contributed by atoms with Crippen LogP contribution in [0, 0.1) is 0 Å². The number of thiophene rings is 1. The van der Waals surface area contributed by atoms with Crippen molar-refractivity contribution < 1.29 is 19.5 Å². The fraction of sp³-hybridized carbons (Fsp3) is 0.237. The van der Waals surface area contributed by atoms with Crippen LogP contribution in [0.3, 0.4) is 0 Å². The number of halogens is 1. The summed E-state index contributed by atoms with van der Waals surface area (Å²) in [6.45, 7) is 13.3. The van der Waals surface area contributed by atoms with E-state index in [1.165, 1.54) is 18.3 Å². The van der Waals surface area contributed by atoms with Crippen LogP contribution in [-0.2, 0) is 21.4 Å². The van der Waals surface area contributed by atoms with E-state index in [1.54, 1.807) is 24.5 Å². The third-order valence-corrected chi connectivity index (χ3v) is 9.12. The van der Waals surface area contributed by atoms with E-state index in [0.29, 0.717) is 15.7 Å². The smallest absolute Gasteiger partial charge is 0.325 e. The minimum absolute atomic E-state index is 0.121. The summed E-state index contributed by atoms with van der Waals surface area (Å²) >= 11 is 7.33. The van der Waals surface area contributed by atoms with Crippen LogP contribution < -0.4 is 10.6 Å². The number of hydrogen-bond acceptors (Lipinski definition) is 6. The molecule has 3 N–H and O–H groups in total. The lowest BCUT2D eigenvalue weighted by Gasteiger charge is -2.20. The molecule has 0 spiro atoms. The zero-order valence-corrected chi connectivity index (χ0v) is 29.2. The number of nitrogens with zero attached hydrogens (tertiary/aromatic N) is 2. The average Bonchev–Trinajstić information content (AvgIpc) is 3.57. The number of rotatable bonds is 12. The second-order valence-electron chi connectivity index (χ2n) is 12.4. The molecule has 8 nitrogen and oxygen atoms in total. The summed E-state index contributed by atoms with van der Waals surface area (Å²) in [7, 11) is 0. The molecule has 4 rings (SSSR count). The standard InChI is InChI=1S/C38H39ClN4O4S/c1-7-26(11-8-23(2)39)27-14-16-28(17-15-27)30-21-40-34(41-22-30)29-12-9-25(10-13-29)20-31(35(44)42-24(3)37(46)47)43-36(45)32-18-19-33(48-32)38(4,5)6/h7-19,21-22,24,31H,1,20H2,2-6H3,(H,42,44)(H,43,45)(H,46,47)/b23-8+,26-11+/t24-,31+/m1/s1. The Labute approximate surface area is 290 Å². The summed E-state index contributed by atoms with van der Waals surface area (Å²) < 4.78 is 0. The van der Waals surface area contributed by atoms with Crippen LogP contribution in [0.5, 0.6) is 0 Å². The fourth-order valence-electron chi connectivity index (χ4n) is 4.67. The van der Waals surface area contributed by atoms with Crippen molar-refractivity contribution in [2.45, 2.75) is 58.5 Å². The lowest BCUT2D eigenvalue weighted by atomic mass is 9.95. The van der Waals surface area contributed by atoms with Gasteiger partial charge in [-0.3, -0.25) is 14.4 Å². The first-order valence-corrected chi connectivity index (χ1v) is 16.6. The monoisotopic (exact) mass is 682 g/mol. The van der Waals surface area contributed by atoms with Crippen LogP contribution in [-0.4, -0.2) is 44.9 Å². The first kappa shape index (κ1) is 36.0. The van der Waals surface area contributed by atoms with Gasteiger partial charge in [0.2, 0.25) is 5.91 Å². The zero-order valence-electron chi connectivity index (χ0n) is 27.6. The topological polar surface area (TPSA) is 121 Å². The molecule has 0 radical (unpaired) electrons. The molecular weight excluding hydrogens is 644 g/mol. The molecule has 2 heterocycles. The van der Waals surface area contributed by atoms with E-state index in [9.17, 15) is 19.5 Å². The number of benzene rings is 2. The minimum atomic E-state index is -1.17. The molecule has 0 unspecified atom stereocenters. The van der Waals surface area contributed by atoms with Gasteiger partial charge in [0.1, 0.15) is 12.1 Å². The minimum Gasteiger partial charge on any atom is -0.480 e. The van der Waals surface area contributed by atoms with E-state index in [-0.39, 0.29) is 11.8 Å². The normalized spacial score (nSPS) is 13.4. The van der Waals surface area contributed by atoms with Gasteiger partial charge in [-0.15, -0.1) is 11.3 Å². The van der Waals surface area contributed by atoms with Gasteiger partial charge in [-0.2, -0.15) is 0 Å². The van der Waals surface area contributed by atoms with Crippen molar-refractivity contribution in [1.82, 2.24) is 20.6 Å². The zero-order chi connectivity index (χ0) is 35.0. The molecule has 0 aliphatic carbocycles. The number of carboxylic acid groups (broad SMARTS) is 1. The lowest BCUT2D eigenvalue weighted by Crippen LogP contribution is -2.51. The highest BCUT2D eigenvalue weighted by Crippen LogP contribution is 2.30. The Morgan fingerprint density at radius 3 is 2.08 bits per heavy atom. The van der Waals surface area contributed by atoms with Crippen LogP contribution in [0.15, 0.2) is 103 Å². The number of aromatic nitrogens is 2. The number of allylic oxidation sites excluding steroid dienone is 5. The third-order valence-electron chi connectivity index (χ3n) is 7.49. The van der Waals surface area contributed by atoms with Gasteiger partial charge in [-0.1, -0.05) is 99.6 Å². The summed E-state index contributed by atoms with van der Waals surface area (Å²) in [6.07, 6.45) is 9.23. The Morgan fingerprint density at radius 2 is 1.54 bits per heavy atom. The third kappa shape index (κ3) is 9.59. The predicted octanol–water partition coefficient (Wildman–Crippen LogP) is 7.81. The molecule has 0 aliphatic heterocycles. The van der Waals surface area contributed by atoms with Gasteiger partial charge in [0.25, 0.3) is 5.91 Å². The van der Waals surface area contributed by atoms with Gasteiger partial charge in [-0.05, 0) is 59.7 Å². The highest BCUT2D eigenvalue weighted by Gasteiger charge is 2.26. The van der Waals surface area contributed by atoms with Crippen LogP contribution in [0.4, 0.5) is 0 Å². The number of nitrogens with one attached hydrogen (secondary N) is 2. The van der Waals surface area contributed by atoms with Gasteiger partial charge >= 0.3 is 5.97 Å².